The molecule has 1 aliphatic heterocycles. The third kappa shape index (κ3) is 3.63. The molecule has 3 heteroatoms. The molecule has 13 heavy (non-hydrogen) atoms. The second kappa shape index (κ2) is 5.58. The highest BCUT2D eigenvalue weighted by atomic mass is 16.3. The van der Waals surface area contributed by atoms with Crippen LogP contribution in [0.15, 0.2) is 0 Å². The zero-order valence-electron chi connectivity index (χ0n) is 8.79. The molecule has 0 amide bonds. The highest BCUT2D eigenvalue weighted by Gasteiger charge is 2.20. The van der Waals surface area contributed by atoms with Crippen molar-refractivity contribution in [2.75, 3.05) is 32.8 Å². The molecule has 0 aromatic carbocycles. The summed E-state index contributed by atoms with van der Waals surface area (Å²) in [5.74, 6) is 0.687. The topological polar surface area (TPSA) is 35.5 Å². The zero-order valence-corrected chi connectivity index (χ0v) is 8.79. The minimum Gasteiger partial charge on any atom is -0.395 e. The average Bonchev–Trinajstić information content (AvgIpc) is 2.28. The van der Waals surface area contributed by atoms with Crippen molar-refractivity contribution in [3.8, 4) is 0 Å². The Morgan fingerprint density at radius 3 is 2.92 bits per heavy atom. The molecular weight excluding hydrogens is 164 g/mol. The zero-order chi connectivity index (χ0) is 9.68. The minimum absolute atomic E-state index is 0.278. The van der Waals surface area contributed by atoms with Crippen LogP contribution in [0.25, 0.3) is 0 Å². The van der Waals surface area contributed by atoms with Crippen molar-refractivity contribution in [3.63, 3.8) is 0 Å². The summed E-state index contributed by atoms with van der Waals surface area (Å²) in [4.78, 5) is 2.41. The molecule has 0 aromatic heterocycles. The van der Waals surface area contributed by atoms with E-state index in [0.29, 0.717) is 12.0 Å². The average molecular weight is 186 g/mol. The van der Waals surface area contributed by atoms with E-state index < -0.39 is 0 Å². The summed E-state index contributed by atoms with van der Waals surface area (Å²) >= 11 is 0. The lowest BCUT2D eigenvalue weighted by molar-refractivity contribution is 0.120. The molecular formula is C10H22N2O. The Morgan fingerprint density at radius 2 is 2.31 bits per heavy atom. The van der Waals surface area contributed by atoms with Crippen molar-refractivity contribution in [1.29, 1.82) is 0 Å². The van der Waals surface area contributed by atoms with Crippen LogP contribution in [0.1, 0.15) is 20.3 Å². The number of aliphatic hydroxyl groups excluding tert-OH is 1. The van der Waals surface area contributed by atoms with Crippen LogP contribution < -0.4 is 5.32 Å². The van der Waals surface area contributed by atoms with E-state index in [-0.39, 0.29) is 6.61 Å². The number of hydrogen-bond acceptors (Lipinski definition) is 3. The van der Waals surface area contributed by atoms with Crippen LogP contribution in [0, 0.1) is 5.92 Å². The molecule has 0 aromatic rings. The van der Waals surface area contributed by atoms with E-state index in [2.05, 4.69) is 24.1 Å². The SMILES string of the molecule is CC(C)CN1CCCNCC1CO. The standard InChI is InChI=1S/C10H22N2O/c1-9(2)7-12-5-3-4-11-6-10(12)8-13/h9-11,13H,3-8H2,1-2H3. The Kier molecular flexibility index (Phi) is 4.70. The predicted molar refractivity (Wildman–Crippen MR) is 54.8 cm³/mol. The van der Waals surface area contributed by atoms with Gasteiger partial charge in [0.1, 0.15) is 0 Å². The highest BCUT2D eigenvalue weighted by molar-refractivity contribution is 4.77. The van der Waals surface area contributed by atoms with Crippen LogP contribution in [0.5, 0.6) is 0 Å². The lowest BCUT2D eigenvalue weighted by atomic mass is 10.1. The first kappa shape index (κ1) is 11.0. The largest absolute Gasteiger partial charge is 0.395 e. The van der Waals surface area contributed by atoms with Gasteiger partial charge in [0.15, 0.2) is 0 Å². The van der Waals surface area contributed by atoms with E-state index in [9.17, 15) is 5.11 Å². The monoisotopic (exact) mass is 186 g/mol. The molecule has 1 fully saturated rings. The van der Waals surface area contributed by atoms with Gasteiger partial charge >= 0.3 is 0 Å². The van der Waals surface area contributed by atoms with Crippen molar-refractivity contribution in [2.45, 2.75) is 26.3 Å². The molecule has 2 N–H and O–H groups in total. The minimum atomic E-state index is 0.278. The molecule has 0 saturated carbocycles. The third-order valence-corrected chi connectivity index (χ3v) is 2.51. The van der Waals surface area contributed by atoms with E-state index >= 15 is 0 Å². The molecule has 0 spiro atoms. The first-order valence-corrected chi connectivity index (χ1v) is 5.29. The second-order valence-corrected chi connectivity index (χ2v) is 4.28. The highest BCUT2D eigenvalue weighted by Crippen LogP contribution is 2.07. The van der Waals surface area contributed by atoms with Crippen molar-refractivity contribution in [3.05, 3.63) is 0 Å². The summed E-state index contributed by atoms with van der Waals surface area (Å²) in [6.07, 6.45) is 1.20. The number of nitrogens with zero attached hydrogens (tertiary/aromatic N) is 1. The van der Waals surface area contributed by atoms with Gasteiger partial charge in [-0.15, -0.1) is 0 Å². The van der Waals surface area contributed by atoms with Gasteiger partial charge in [0, 0.05) is 19.1 Å². The summed E-state index contributed by atoms with van der Waals surface area (Å²) in [5, 5.41) is 12.6. The fraction of sp³-hybridized carbons (Fsp3) is 1.00. The normalized spacial score (nSPS) is 26.3. The second-order valence-electron chi connectivity index (χ2n) is 4.28. The van der Waals surface area contributed by atoms with Crippen LogP contribution in [-0.4, -0.2) is 48.8 Å². The molecule has 0 aliphatic carbocycles. The van der Waals surface area contributed by atoms with E-state index in [1.54, 1.807) is 0 Å². The summed E-state index contributed by atoms with van der Waals surface area (Å²) in [5.41, 5.74) is 0. The van der Waals surface area contributed by atoms with Gasteiger partial charge in [-0.25, -0.2) is 0 Å². The Morgan fingerprint density at radius 1 is 1.54 bits per heavy atom. The van der Waals surface area contributed by atoms with Gasteiger partial charge in [0.25, 0.3) is 0 Å². The third-order valence-electron chi connectivity index (χ3n) is 2.51. The van der Waals surface area contributed by atoms with Gasteiger partial charge in [0.05, 0.1) is 6.61 Å². The molecule has 3 nitrogen and oxygen atoms in total. The molecule has 0 radical (unpaired) electrons. The summed E-state index contributed by atoms with van der Waals surface area (Å²) in [7, 11) is 0. The molecule has 1 atom stereocenters. The Labute approximate surface area is 81.1 Å². The fourth-order valence-electron chi connectivity index (χ4n) is 1.88. The van der Waals surface area contributed by atoms with Crippen LogP contribution in [0.2, 0.25) is 0 Å². The number of rotatable bonds is 3. The van der Waals surface area contributed by atoms with Gasteiger partial charge in [-0.2, -0.15) is 0 Å². The predicted octanol–water partition coefficient (Wildman–Crippen LogP) is 0.299. The smallest absolute Gasteiger partial charge is 0.0599 e. The van der Waals surface area contributed by atoms with Crippen molar-refractivity contribution in [2.24, 2.45) is 5.92 Å². The maximum absolute atomic E-state index is 9.22. The molecule has 1 unspecified atom stereocenters. The van der Waals surface area contributed by atoms with Gasteiger partial charge in [0.2, 0.25) is 0 Å². The van der Waals surface area contributed by atoms with Crippen molar-refractivity contribution >= 4 is 0 Å². The molecule has 1 aliphatic rings. The van der Waals surface area contributed by atoms with Crippen LogP contribution in [0.3, 0.4) is 0 Å². The maximum atomic E-state index is 9.22. The van der Waals surface area contributed by atoms with E-state index in [4.69, 9.17) is 0 Å². The first-order valence-electron chi connectivity index (χ1n) is 5.29. The van der Waals surface area contributed by atoms with Gasteiger partial charge in [-0.3, -0.25) is 4.90 Å². The number of hydrogen-bond donors (Lipinski definition) is 2. The quantitative estimate of drug-likeness (QED) is 0.665. The lowest BCUT2D eigenvalue weighted by Crippen LogP contribution is -2.43. The summed E-state index contributed by atoms with van der Waals surface area (Å²) in [6, 6.07) is 0.324. The molecule has 0 bridgehead atoms. The van der Waals surface area contributed by atoms with Crippen LogP contribution in [0.4, 0.5) is 0 Å². The first-order chi connectivity index (χ1) is 6.24. The Balaban J connectivity index is 2.44. The van der Waals surface area contributed by atoms with Crippen molar-refractivity contribution < 1.29 is 5.11 Å². The fourth-order valence-corrected chi connectivity index (χ4v) is 1.88. The van der Waals surface area contributed by atoms with Gasteiger partial charge in [-0.05, 0) is 25.4 Å². The molecule has 1 saturated heterocycles. The summed E-state index contributed by atoms with van der Waals surface area (Å²) in [6.45, 7) is 8.98. The summed E-state index contributed by atoms with van der Waals surface area (Å²) < 4.78 is 0. The van der Waals surface area contributed by atoms with Crippen molar-refractivity contribution in [1.82, 2.24) is 10.2 Å². The van der Waals surface area contributed by atoms with Gasteiger partial charge < -0.3 is 10.4 Å². The lowest BCUT2D eigenvalue weighted by Gasteiger charge is -2.29. The molecule has 1 rings (SSSR count). The molecule has 1 heterocycles. The van der Waals surface area contributed by atoms with E-state index in [0.717, 1.165) is 26.2 Å². The van der Waals surface area contributed by atoms with Crippen LogP contribution in [-0.2, 0) is 0 Å². The van der Waals surface area contributed by atoms with Crippen LogP contribution >= 0.6 is 0 Å². The molecule has 78 valence electrons. The Bertz CT molecular complexity index is 139. The number of aliphatic hydroxyl groups is 1. The number of nitrogens with one attached hydrogen (secondary N) is 1. The van der Waals surface area contributed by atoms with E-state index in [1.165, 1.54) is 6.42 Å². The van der Waals surface area contributed by atoms with Gasteiger partial charge in [-0.1, -0.05) is 13.8 Å². The van der Waals surface area contributed by atoms with E-state index in [1.807, 2.05) is 0 Å². The maximum Gasteiger partial charge on any atom is 0.0599 e. The Hall–Kier alpha value is -0.120.